The van der Waals surface area contributed by atoms with Crippen molar-refractivity contribution < 1.29 is 17.9 Å². The second kappa shape index (κ2) is 5.12. The molecular formula is C14H11F3O. The standard InChI is InChI=1S/C14H11F3O/c1-9-6-11(15)3-5-14(9)18-8-10-7-12(16)2-4-13(10)17/h2-7H,8H2,1H3. The molecule has 1 nitrogen and oxygen atoms in total. The highest BCUT2D eigenvalue weighted by atomic mass is 19.1. The van der Waals surface area contributed by atoms with Gasteiger partial charge in [-0.3, -0.25) is 0 Å². The Labute approximate surface area is 103 Å². The van der Waals surface area contributed by atoms with Crippen LogP contribution in [0.5, 0.6) is 5.75 Å². The summed E-state index contributed by atoms with van der Waals surface area (Å²) in [4.78, 5) is 0. The SMILES string of the molecule is Cc1cc(F)ccc1OCc1cc(F)ccc1F. The van der Waals surface area contributed by atoms with E-state index in [9.17, 15) is 13.2 Å². The number of halogens is 3. The fourth-order valence-electron chi connectivity index (χ4n) is 1.58. The van der Waals surface area contributed by atoms with Crippen LogP contribution in [0.3, 0.4) is 0 Å². The van der Waals surface area contributed by atoms with Gasteiger partial charge in [-0.25, -0.2) is 13.2 Å². The molecule has 2 aromatic rings. The fourth-order valence-corrected chi connectivity index (χ4v) is 1.58. The van der Waals surface area contributed by atoms with Gasteiger partial charge in [0.1, 0.15) is 29.8 Å². The first-order chi connectivity index (χ1) is 8.56. The Morgan fingerprint density at radius 3 is 2.33 bits per heavy atom. The van der Waals surface area contributed by atoms with Gasteiger partial charge in [0, 0.05) is 5.56 Å². The molecule has 0 aliphatic heterocycles. The van der Waals surface area contributed by atoms with Crippen LogP contribution >= 0.6 is 0 Å². The van der Waals surface area contributed by atoms with E-state index in [1.807, 2.05) is 0 Å². The van der Waals surface area contributed by atoms with E-state index >= 15 is 0 Å². The molecule has 0 fully saturated rings. The maximum Gasteiger partial charge on any atom is 0.130 e. The Kier molecular flexibility index (Phi) is 3.55. The predicted octanol–water partition coefficient (Wildman–Crippen LogP) is 3.99. The Hall–Kier alpha value is -1.97. The molecule has 0 atom stereocenters. The van der Waals surface area contributed by atoms with Crippen molar-refractivity contribution in [3.05, 3.63) is 65.0 Å². The summed E-state index contributed by atoms with van der Waals surface area (Å²) in [5.41, 5.74) is 0.727. The molecule has 0 aliphatic rings. The van der Waals surface area contributed by atoms with E-state index in [2.05, 4.69) is 0 Å². The number of ether oxygens (including phenoxy) is 1. The molecule has 0 saturated carbocycles. The number of rotatable bonds is 3. The van der Waals surface area contributed by atoms with Crippen LogP contribution < -0.4 is 4.74 Å². The molecular weight excluding hydrogens is 241 g/mol. The molecule has 0 saturated heterocycles. The topological polar surface area (TPSA) is 9.23 Å². The van der Waals surface area contributed by atoms with Crippen molar-refractivity contribution in [2.45, 2.75) is 13.5 Å². The number of hydrogen-bond donors (Lipinski definition) is 0. The van der Waals surface area contributed by atoms with E-state index in [1.165, 1.54) is 18.2 Å². The molecule has 94 valence electrons. The summed E-state index contributed by atoms with van der Waals surface area (Å²) in [6.07, 6.45) is 0. The molecule has 18 heavy (non-hydrogen) atoms. The van der Waals surface area contributed by atoms with Gasteiger partial charge in [0.2, 0.25) is 0 Å². The van der Waals surface area contributed by atoms with Crippen LogP contribution in [-0.2, 0) is 6.61 Å². The average Bonchev–Trinajstić information content (AvgIpc) is 2.32. The van der Waals surface area contributed by atoms with Crippen molar-refractivity contribution in [2.75, 3.05) is 0 Å². The van der Waals surface area contributed by atoms with Gasteiger partial charge < -0.3 is 4.74 Å². The lowest BCUT2D eigenvalue weighted by Gasteiger charge is -2.09. The van der Waals surface area contributed by atoms with Gasteiger partial charge in [0.15, 0.2) is 0 Å². The number of hydrogen-bond acceptors (Lipinski definition) is 1. The van der Waals surface area contributed by atoms with Gasteiger partial charge in [-0.1, -0.05) is 0 Å². The first-order valence-corrected chi connectivity index (χ1v) is 5.39. The lowest BCUT2D eigenvalue weighted by Crippen LogP contribution is -2.00. The van der Waals surface area contributed by atoms with Crippen molar-refractivity contribution in [1.29, 1.82) is 0 Å². The quantitative estimate of drug-likeness (QED) is 0.802. The predicted molar refractivity (Wildman–Crippen MR) is 61.8 cm³/mol. The van der Waals surface area contributed by atoms with E-state index in [0.717, 1.165) is 18.2 Å². The zero-order valence-corrected chi connectivity index (χ0v) is 9.71. The minimum absolute atomic E-state index is 0.101. The Balaban J connectivity index is 2.13. The van der Waals surface area contributed by atoms with Gasteiger partial charge in [0.25, 0.3) is 0 Å². The van der Waals surface area contributed by atoms with Gasteiger partial charge in [-0.05, 0) is 48.9 Å². The van der Waals surface area contributed by atoms with Crippen LogP contribution in [0, 0.1) is 24.4 Å². The second-order valence-corrected chi connectivity index (χ2v) is 3.93. The average molecular weight is 252 g/mol. The molecule has 0 radical (unpaired) electrons. The summed E-state index contributed by atoms with van der Waals surface area (Å²) >= 11 is 0. The number of aryl methyl sites for hydroxylation is 1. The Morgan fingerprint density at radius 1 is 0.944 bits per heavy atom. The highest BCUT2D eigenvalue weighted by Gasteiger charge is 2.06. The third kappa shape index (κ3) is 2.83. The zero-order valence-electron chi connectivity index (χ0n) is 9.71. The Morgan fingerprint density at radius 2 is 1.61 bits per heavy atom. The summed E-state index contributed by atoms with van der Waals surface area (Å²) in [6, 6.07) is 7.20. The van der Waals surface area contributed by atoms with Crippen LogP contribution in [0.4, 0.5) is 13.2 Å². The normalized spacial score (nSPS) is 10.4. The largest absolute Gasteiger partial charge is 0.489 e. The second-order valence-electron chi connectivity index (χ2n) is 3.93. The van der Waals surface area contributed by atoms with E-state index in [4.69, 9.17) is 4.74 Å². The molecule has 0 heterocycles. The summed E-state index contributed by atoms with van der Waals surface area (Å²) in [5, 5.41) is 0. The van der Waals surface area contributed by atoms with Gasteiger partial charge >= 0.3 is 0 Å². The van der Waals surface area contributed by atoms with Crippen LogP contribution in [0.2, 0.25) is 0 Å². The maximum absolute atomic E-state index is 13.3. The van der Waals surface area contributed by atoms with Crippen LogP contribution in [0.15, 0.2) is 36.4 Å². The molecule has 2 aromatic carbocycles. The third-order valence-electron chi connectivity index (χ3n) is 2.53. The molecule has 0 amide bonds. The van der Waals surface area contributed by atoms with Crippen molar-refractivity contribution in [2.24, 2.45) is 0 Å². The Bertz CT molecular complexity index is 567. The zero-order chi connectivity index (χ0) is 13.1. The summed E-state index contributed by atoms with van der Waals surface area (Å²) in [7, 11) is 0. The highest BCUT2D eigenvalue weighted by Crippen LogP contribution is 2.20. The van der Waals surface area contributed by atoms with Crippen molar-refractivity contribution >= 4 is 0 Å². The van der Waals surface area contributed by atoms with Crippen molar-refractivity contribution in [1.82, 2.24) is 0 Å². The minimum Gasteiger partial charge on any atom is -0.489 e. The molecule has 0 aromatic heterocycles. The third-order valence-corrected chi connectivity index (χ3v) is 2.53. The van der Waals surface area contributed by atoms with E-state index in [1.54, 1.807) is 6.92 Å². The molecule has 0 spiro atoms. The van der Waals surface area contributed by atoms with Crippen LogP contribution in [0.25, 0.3) is 0 Å². The van der Waals surface area contributed by atoms with E-state index < -0.39 is 11.6 Å². The van der Waals surface area contributed by atoms with Gasteiger partial charge in [-0.2, -0.15) is 0 Å². The minimum atomic E-state index is -0.531. The lowest BCUT2D eigenvalue weighted by atomic mass is 10.2. The van der Waals surface area contributed by atoms with Crippen LogP contribution in [-0.4, -0.2) is 0 Å². The highest BCUT2D eigenvalue weighted by molar-refractivity contribution is 5.33. The van der Waals surface area contributed by atoms with Crippen molar-refractivity contribution in [3.8, 4) is 5.75 Å². The van der Waals surface area contributed by atoms with E-state index in [0.29, 0.717) is 11.3 Å². The lowest BCUT2D eigenvalue weighted by molar-refractivity contribution is 0.296. The molecule has 2 rings (SSSR count). The summed E-state index contributed by atoms with van der Waals surface area (Å²) in [6.45, 7) is 1.58. The maximum atomic E-state index is 13.3. The summed E-state index contributed by atoms with van der Waals surface area (Å²) < 4.78 is 44.5. The molecule has 0 bridgehead atoms. The fraction of sp³-hybridized carbons (Fsp3) is 0.143. The smallest absolute Gasteiger partial charge is 0.130 e. The number of benzene rings is 2. The summed E-state index contributed by atoms with van der Waals surface area (Å²) in [5.74, 6) is -0.973. The first kappa shape index (κ1) is 12.5. The van der Waals surface area contributed by atoms with Gasteiger partial charge in [-0.15, -0.1) is 0 Å². The molecule has 4 heteroatoms. The van der Waals surface area contributed by atoms with Crippen molar-refractivity contribution in [3.63, 3.8) is 0 Å². The molecule has 0 aliphatic carbocycles. The molecule has 0 N–H and O–H groups in total. The van der Waals surface area contributed by atoms with Crippen LogP contribution in [0.1, 0.15) is 11.1 Å². The first-order valence-electron chi connectivity index (χ1n) is 5.39. The molecule has 0 unspecified atom stereocenters. The van der Waals surface area contributed by atoms with Gasteiger partial charge in [0.05, 0.1) is 0 Å². The van der Waals surface area contributed by atoms with E-state index in [-0.39, 0.29) is 18.0 Å². The monoisotopic (exact) mass is 252 g/mol.